The highest BCUT2D eigenvalue weighted by atomic mass is 19.1. The highest BCUT2D eigenvalue weighted by Crippen LogP contribution is 2.24. The van der Waals surface area contributed by atoms with Gasteiger partial charge in [-0.15, -0.1) is 0 Å². The van der Waals surface area contributed by atoms with Crippen LogP contribution in [0.4, 0.5) is 9.18 Å². The zero-order valence-corrected chi connectivity index (χ0v) is 14.9. The fourth-order valence-electron chi connectivity index (χ4n) is 3.65. The molecule has 1 fully saturated rings. The van der Waals surface area contributed by atoms with Crippen LogP contribution in [0.3, 0.4) is 0 Å². The van der Waals surface area contributed by atoms with E-state index >= 15 is 0 Å². The van der Waals surface area contributed by atoms with Gasteiger partial charge >= 0.3 is 6.03 Å². The Balaban J connectivity index is 1.84. The second kappa shape index (κ2) is 7.25. The van der Waals surface area contributed by atoms with Crippen LogP contribution in [-0.2, 0) is 7.05 Å². The van der Waals surface area contributed by atoms with Crippen LogP contribution >= 0.6 is 0 Å². The number of imidazole rings is 1. The first-order chi connectivity index (χ1) is 11.9. The van der Waals surface area contributed by atoms with E-state index in [1.807, 2.05) is 22.7 Å². The molecule has 1 aliphatic heterocycles. The van der Waals surface area contributed by atoms with Crippen molar-refractivity contribution in [1.82, 2.24) is 19.8 Å². The van der Waals surface area contributed by atoms with E-state index in [9.17, 15) is 9.18 Å². The molecule has 0 saturated carbocycles. The van der Waals surface area contributed by atoms with Crippen molar-refractivity contribution in [1.29, 1.82) is 0 Å². The molecule has 0 aliphatic carbocycles. The Bertz CT molecular complexity index is 717. The van der Waals surface area contributed by atoms with Crippen LogP contribution < -0.4 is 5.32 Å². The first-order valence-electron chi connectivity index (χ1n) is 8.72. The molecule has 0 radical (unpaired) electrons. The lowest BCUT2D eigenvalue weighted by Crippen LogP contribution is -2.48. The number of halogens is 1. The zero-order chi connectivity index (χ0) is 18.0. The van der Waals surface area contributed by atoms with Crippen molar-refractivity contribution >= 4 is 6.03 Å². The average molecular weight is 344 g/mol. The number of rotatable bonds is 3. The van der Waals surface area contributed by atoms with E-state index in [0.717, 1.165) is 30.9 Å². The minimum Gasteiger partial charge on any atom is -0.336 e. The average Bonchev–Trinajstić information content (AvgIpc) is 2.98. The molecule has 2 amide bonds. The minimum atomic E-state index is -0.416. The summed E-state index contributed by atoms with van der Waals surface area (Å²) in [6, 6.07) is 5.67. The van der Waals surface area contributed by atoms with E-state index in [0.29, 0.717) is 11.8 Å². The van der Waals surface area contributed by atoms with E-state index in [2.05, 4.69) is 24.1 Å². The summed E-state index contributed by atoms with van der Waals surface area (Å²) in [6.07, 6.45) is 4.68. The van der Waals surface area contributed by atoms with Gasteiger partial charge in [0.1, 0.15) is 17.7 Å². The number of piperidine rings is 1. The standard InChI is InChI=1S/C19H25FN4O/c1-13-10-14(2)12-24(11-13)19(25)22-17(18-21-8-9-23(18)3)15-4-6-16(20)7-5-15/h4-9,13-14,17H,10-12H2,1-3H3,(H,22,25). The first kappa shape index (κ1) is 17.5. The van der Waals surface area contributed by atoms with Gasteiger partial charge in [0.15, 0.2) is 0 Å². The number of aryl methyl sites for hydroxylation is 1. The molecule has 3 unspecified atom stereocenters. The highest BCUT2D eigenvalue weighted by Gasteiger charge is 2.28. The molecular weight excluding hydrogens is 319 g/mol. The number of nitrogens with zero attached hydrogens (tertiary/aromatic N) is 3. The van der Waals surface area contributed by atoms with E-state index in [-0.39, 0.29) is 11.8 Å². The van der Waals surface area contributed by atoms with Crippen molar-refractivity contribution in [2.45, 2.75) is 26.3 Å². The molecule has 2 aromatic rings. The van der Waals surface area contributed by atoms with Gasteiger partial charge in [-0.3, -0.25) is 0 Å². The van der Waals surface area contributed by atoms with Gasteiger partial charge in [0.25, 0.3) is 0 Å². The van der Waals surface area contributed by atoms with Crippen molar-refractivity contribution in [3.05, 3.63) is 53.9 Å². The van der Waals surface area contributed by atoms with Crippen LogP contribution in [0.25, 0.3) is 0 Å². The summed E-state index contributed by atoms with van der Waals surface area (Å²) in [4.78, 5) is 19.1. The molecule has 5 nitrogen and oxygen atoms in total. The lowest BCUT2D eigenvalue weighted by Gasteiger charge is -2.36. The Morgan fingerprint density at radius 3 is 2.44 bits per heavy atom. The van der Waals surface area contributed by atoms with Crippen LogP contribution in [0.2, 0.25) is 0 Å². The molecule has 0 spiro atoms. The lowest BCUT2D eigenvalue weighted by molar-refractivity contribution is 0.144. The molecule has 3 rings (SSSR count). The monoisotopic (exact) mass is 344 g/mol. The molecule has 1 N–H and O–H groups in total. The number of hydrogen-bond acceptors (Lipinski definition) is 2. The van der Waals surface area contributed by atoms with Crippen molar-refractivity contribution in [2.24, 2.45) is 18.9 Å². The Hall–Kier alpha value is -2.37. The number of carbonyl (C=O) groups is 1. The topological polar surface area (TPSA) is 50.2 Å². The molecule has 134 valence electrons. The maximum Gasteiger partial charge on any atom is 0.318 e. The first-order valence-corrected chi connectivity index (χ1v) is 8.72. The number of aromatic nitrogens is 2. The van der Waals surface area contributed by atoms with Gasteiger partial charge in [0.2, 0.25) is 0 Å². The van der Waals surface area contributed by atoms with Gasteiger partial charge < -0.3 is 14.8 Å². The van der Waals surface area contributed by atoms with Gasteiger partial charge in [0.05, 0.1) is 0 Å². The Kier molecular flexibility index (Phi) is 5.06. The summed E-state index contributed by atoms with van der Waals surface area (Å²) in [5.74, 6) is 1.41. The predicted octanol–water partition coefficient (Wildman–Crippen LogP) is 3.34. The van der Waals surface area contributed by atoms with E-state index in [4.69, 9.17) is 0 Å². The SMILES string of the molecule is CC1CC(C)CN(C(=O)NC(c2ccc(F)cc2)c2nccn2C)C1. The third-order valence-corrected chi connectivity index (χ3v) is 4.74. The Morgan fingerprint density at radius 2 is 1.88 bits per heavy atom. The summed E-state index contributed by atoms with van der Waals surface area (Å²) in [6.45, 7) is 5.86. The van der Waals surface area contributed by atoms with Gasteiger partial charge in [-0.2, -0.15) is 0 Å². The summed E-state index contributed by atoms with van der Waals surface area (Å²) in [5.41, 5.74) is 0.808. The molecule has 25 heavy (non-hydrogen) atoms. The normalized spacial score (nSPS) is 21.8. The number of carbonyl (C=O) groups excluding carboxylic acids is 1. The summed E-state index contributed by atoms with van der Waals surface area (Å²) < 4.78 is 15.2. The third kappa shape index (κ3) is 4.00. The molecule has 2 heterocycles. The second-order valence-electron chi connectivity index (χ2n) is 7.18. The van der Waals surface area contributed by atoms with Gasteiger partial charge in [-0.1, -0.05) is 26.0 Å². The Morgan fingerprint density at radius 1 is 1.24 bits per heavy atom. The quantitative estimate of drug-likeness (QED) is 0.928. The van der Waals surface area contributed by atoms with Gasteiger partial charge in [0, 0.05) is 32.5 Å². The van der Waals surface area contributed by atoms with Crippen molar-refractivity contribution in [2.75, 3.05) is 13.1 Å². The molecule has 1 aliphatic rings. The number of nitrogens with one attached hydrogen (secondary N) is 1. The van der Waals surface area contributed by atoms with Crippen LogP contribution in [0.15, 0.2) is 36.7 Å². The smallest absolute Gasteiger partial charge is 0.318 e. The number of amides is 2. The highest BCUT2D eigenvalue weighted by molar-refractivity contribution is 5.75. The van der Waals surface area contributed by atoms with Crippen molar-refractivity contribution in [3.63, 3.8) is 0 Å². The second-order valence-corrected chi connectivity index (χ2v) is 7.18. The number of urea groups is 1. The summed E-state index contributed by atoms with van der Waals surface area (Å²) >= 11 is 0. The van der Waals surface area contributed by atoms with Crippen LogP contribution in [-0.4, -0.2) is 33.6 Å². The number of likely N-dealkylation sites (tertiary alicyclic amines) is 1. The molecule has 3 atom stereocenters. The van der Waals surface area contributed by atoms with Crippen LogP contribution in [0.1, 0.15) is 37.7 Å². The summed E-state index contributed by atoms with van der Waals surface area (Å²) in [5, 5.41) is 3.09. The maximum absolute atomic E-state index is 13.3. The molecule has 1 saturated heterocycles. The molecule has 6 heteroatoms. The number of hydrogen-bond donors (Lipinski definition) is 1. The van der Waals surface area contributed by atoms with E-state index < -0.39 is 6.04 Å². The fraction of sp³-hybridized carbons (Fsp3) is 0.474. The Labute approximate surface area is 147 Å². The molecular formula is C19H25FN4O. The molecule has 0 bridgehead atoms. The zero-order valence-electron chi connectivity index (χ0n) is 14.9. The molecule has 1 aromatic heterocycles. The summed E-state index contributed by atoms with van der Waals surface area (Å²) in [7, 11) is 1.88. The van der Waals surface area contributed by atoms with Crippen LogP contribution in [0.5, 0.6) is 0 Å². The van der Waals surface area contributed by atoms with E-state index in [1.54, 1.807) is 18.3 Å². The fourth-order valence-corrected chi connectivity index (χ4v) is 3.65. The van der Waals surface area contributed by atoms with Crippen molar-refractivity contribution in [3.8, 4) is 0 Å². The lowest BCUT2D eigenvalue weighted by atomic mass is 9.92. The van der Waals surface area contributed by atoms with Gasteiger partial charge in [-0.25, -0.2) is 14.2 Å². The predicted molar refractivity (Wildman–Crippen MR) is 94.5 cm³/mol. The largest absolute Gasteiger partial charge is 0.336 e. The van der Waals surface area contributed by atoms with Crippen LogP contribution in [0, 0.1) is 17.7 Å². The van der Waals surface area contributed by atoms with Gasteiger partial charge in [-0.05, 0) is 36.0 Å². The van der Waals surface area contributed by atoms with Crippen molar-refractivity contribution < 1.29 is 9.18 Å². The van der Waals surface area contributed by atoms with E-state index in [1.165, 1.54) is 12.1 Å². The third-order valence-electron chi connectivity index (χ3n) is 4.74. The molecule has 1 aromatic carbocycles. The maximum atomic E-state index is 13.3. The minimum absolute atomic E-state index is 0.101. The number of benzene rings is 1.